The molecule has 4 aromatic rings. The monoisotopic (exact) mass is 551 g/mol. The first kappa shape index (κ1) is 27.6. The van der Waals surface area contributed by atoms with Crippen LogP contribution in [-0.2, 0) is 15.0 Å². The number of ketones is 1. The molecule has 7 heteroatoms. The highest BCUT2D eigenvalue weighted by Crippen LogP contribution is 2.44. The maximum absolute atomic E-state index is 13.8. The number of halogens is 1. The summed E-state index contributed by atoms with van der Waals surface area (Å²) in [5.41, 5.74) is 1.64. The summed E-state index contributed by atoms with van der Waals surface area (Å²) in [5.74, 6) is -0.735. The Morgan fingerprint density at radius 1 is 0.854 bits per heavy atom. The van der Waals surface area contributed by atoms with Gasteiger partial charge < -0.3 is 14.6 Å². The van der Waals surface area contributed by atoms with Crippen LogP contribution in [0.2, 0.25) is 0 Å². The van der Waals surface area contributed by atoms with E-state index in [2.05, 4.69) is 0 Å². The second-order valence-corrected chi connectivity index (χ2v) is 10.8. The average molecular weight is 552 g/mol. The molecule has 0 aromatic heterocycles. The number of methoxy groups -OCH3 is 1. The number of benzene rings is 4. The van der Waals surface area contributed by atoms with E-state index >= 15 is 0 Å². The Labute approximate surface area is 238 Å². The van der Waals surface area contributed by atoms with Crippen molar-refractivity contribution in [1.82, 2.24) is 0 Å². The molecule has 0 spiro atoms. The summed E-state index contributed by atoms with van der Waals surface area (Å²) < 4.78 is 25.4. The lowest BCUT2D eigenvalue weighted by Crippen LogP contribution is -2.29. The molecule has 1 heterocycles. The fraction of sp³-hybridized carbons (Fsp3) is 0.176. The molecule has 0 saturated carbocycles. The second kappa shape index (κ2) is 10.9. The van der Waals surface area contributed by atoms with Gasteiger partial charge in [0.1, 0.15) is 28.8 Å². The Morgan fingerprint density at radius 2 is 1.54 bits per heavy atom. The van der Waals surface area contributed by atoms with Crippen molar-refractivity contribution in [1.29, 1.82) is 0 Å². The van der Waals surface area contributed by atoms with Crippen LogP contribution >= 0.6 is 0 Å². The van der Waals surface area contributed by atoms with Gasteiger partial charge in [0.2, 0.25) is 0 Å². The van der Waals surface area contributed by atoms with Crippen LogP contribution in [0, 0.1) is 5.82 Å². The molecule has 1 saturated heterocycles. The van der Waals surface area contributed by atoms with Crippen molar-refractivity contribution in [3.63, 3.8) is 0 Å². The van der Waals surface area contributed by atoms with E-state index in [9.17, 15) is 19.1 Å². The number of aliphatic hydroxyl groups is 1. The zero-order valence-electron chi connectivity index (χ0n) is 23.2. The molecule has 1 fully saturated rings. The molecular formula is C34H30FNO5. The molecule has 1 aliphatic heterocycles. The van der Waals surface area contributed by atoms with Crippen LogP contribution in [0.3, 0.4) is 0 Å². The number of rotatable bonds is 6. The summed E-state index contributed by atoms with van der Waals surface area (Å²) in [6.07, 6.45) is 0. The standard InChI is InChI=1S/C34H30FNO5/c1-34(2,3)27-20-22(13-18-28(27)40-4)31(37)29-30(36(33(39)32(29)38)24-16-14-23(35)15-17-24)21-9-8-12-26(19-21)41-25-10-6-5-7-11-25/h5-20,30,37H,1-4H3/b31-29+. The third-order valence-electron chi connectivity index (χ3n) is 6.98. The van der Waals surface area contributed by atoms with Gasteiger partial charge in [0.15, 0.2) is 0 Å². The average Bonchev–Trinajstić information content (AvgIpc) is 3.23. The smallest absolute Gasteiger partial charge is 0.300 e. The van der Waals surface area contributed by atoms with Crippen LogP contribution in [0.15, 0.2) is 103 Å². The molecule has 0 radical (unpaired) electrons. The first-order chi connectivity index (χ1) is 19.6. The van der Waals surface area contributed by atoms with Gasteiger partial charge in [-0.3, -0.25) is 14.5 Å². The minimum absolute atomic E-state index is 0.0822. The topological polar surface area (TPSA) is 76.1 Å². The third-order valence-corrected chi connectivity index (χ3v) is 6.98. The molecule has 6 nitrogen and oxygen atoms in total. The van der Waals surface area contributed by atoms with Gasteiger partial charge in [0, 0.05) is 16.8 Å². The second-order valence-electron chi connectivity index (χ2n) is 10.8. The molecule has 1 N–H and O–H groups in total. The first-order valence-electron chi connectivity index (χ1n) is 13.2. The van der Waals surface area contributed by atoms with Crippen LogP contribution in [0.5, 0.6) is 17.2 Å². The highest BCUT2D eigenvalue weighted by molar-refractivity contribution is 6.51. The largest absolute Gasteiger partial charge is 0.507 e. The van der Waals surface area contributed by atoms with Crippen LogP contribution in [-0.4, -0.2) is 23.9 Å². The molecule has 4 aromatic carbocycles. The minimum Gasteiger partial charge on any atom is -0.507 e. The van der Waals surface area contributed by atoms with E-state index in [-0.39, 0.29) is 16.7 Å². The van der Waals surface area contributed by atoms with Crippen LogP contribution in [0.1, 0.15) is 43.5 Å². The minimum atomic E-state index is -1.00. The van der Waals surface area contributed by atoms with Crippen molar-refractivity contribution in [2.24, 2.45) is 0 Å². The number of carbonyl (C=O) groups excluding carboxylic acids is 2. The molecule has 1 amide bonds. The molecule has 0 bridgehead atoms. The maximum Gasteiger partial charge on any atom is 0.300 e. The Hall–Kier alpha value is -4.91. The lowest BCUT2D eigenvalue weighted by molar-refractivity contribution is -0.132. The third kappa shape index (κ3) is 5.43. The van der Waals surface area contributed by atoms with Gasteiger partial charge in [0.25, 0.3) is 11.7 Å². The summed E-state index contributed by atoms with van der Waals surface area (Å²) in [4.78, 5) is 28.4. The molecule has 0 aliphatic carbocycles. The maximum atomic E-state index is 13.8. The Balaban J connectivity index is 1.69. The van der Waals surface area contributed by atoms with Crippen molar-refractivity contribution >= 4 is 23.1 Å². The van der Waals surface area contributed by atoms with Gasteiger partial charge >= 0.3 is 0 Å². The zero-order valence-corrected chi connectivity index (χ0v) is 23.2. The Morgan fingerprint density at radius 3 is 2.20 bits per heavy atom. The molecule has 1 unspecified atom stereocenters. The highest BCUT2D eigenvalue weighted by atomic mass is 19.1. The van der Waals surface area contributed by atoms with E-state index < -0.39 is 23.5 Å². The number of amides is 1. The van der Waals surface area contributed by atoms with Crippen LogP contribution in [0.4, 0.5) is 10.1 Å². The van der Waals surface area contributed by atoms with E-state index in [1.807, 2.05) is 51.1 Å². The molecular weight excluding hydrogens is 521 g/mol. The summed E-state index contributed by atoms with van der Waals surface area (Å²) in [7, 11) is 1.57. The van der Waals surface area contributed by atoms with Crippen molar-refractivity contribution in [3.05, 3.63) is 125 Å². The number of para-hydroxylation sites is 1. The predicted octanol–water partition coefficient (Wildman–Crippen LogP) is 7.55. The summed E-state index contributed by atoms with van der Waals surface area (Å²) >= 11 is 0. The van der Waals surface area contributed by atoms with Crippen molar-refractivity contribution < 1.29 is 28.6 Å². The number of hydrogen-bond donors (Lipinski definition) is 1. The number of Topliss-reactive ketones (excluding diaryl/α,β-unsaturated/α-hetero) is 1. The Kier molecular flexibility index (Phi) is 7.37. The van der Waals surface area contributed by atoms with E-state index in [1.165, 1.54) is 29.2 Å². The molecule has 1 aliphatic rings. The van der Waals surface area contributed by atoms with E-state index in [0.29, 0.717) is 34.1 Å². The molecule has 5 rings (SSSR count). The zero-order chi connectivity index (χ0) is 29.3. The number of anilines is 1. The molecule has 41 heavy (non-hydrogen) atoms. The molecule has 208 valence electrons. The summed E-state index contributed by atoms with van der Waals surface area (Å²) in [6.45, 7) is 6.04. The quantitative estimate of drug-likeness (QED) is 0.152. The van der Waals surface area contributed by atoms with Gasteiger partial charge in [-0.2, -0.15) is 0 Å². The van der Waals surface area contributed by atoms with Gasteiger partial charge in [0.05, 0.1) is 18.7 Å². The normalized spacial score (nSPS) is 16.6. The van der Waals surface area contributed by atoms with E-state index in [0.717, 1.165) is 5.56 Å². The number of aliphatic hydroxyl groups excluding tert-OH is 1. The number of carbonyl (C=O) groups is 2. The van der Waals surface area contributed by atoms with Gasteiger partial charge in [-0.25, -0.2) is 4.39 Å². The summed E-state index contributed by atoms with van der Waals surface area (Å²) in [5, 5.41) is 11.7. The highest BCUT2D eigenvalue weighted by Gasteiger charge is 2.47. The SMILES string of the molecule is COc1ccc(/C(O)=C2\C(=O)C(=O)N(c3ccc(F)cc3)C2c2cccc(Oc3ccccc3)c2)cc1C(C)(C)C. The fourth-order valence-electron chi connectivity index (χ4n) is 4.99. The van der Waals surface area contributed by atoms with Crippen LogP contribution < -0.4 is 14.4 Å². The molecule has 1 atom stereocenters. The summed E-state index contributed by atoms with van der Waals surface area (Å²) in [6, 6.07) is 25.7. The fourth-order valence-corrected chi connectivity index (χ4v) is 4.99. The van der Waals surface area contributed by atoms with E-state index in [1.54, 1.807) is 49.6 Å². The van der Waals surface area contributed by atoms with Gasteiger partial charge in [-0.15, -0.1) is 0 Å². The van der Waals surface area contributed by atoms with Crippen molar-refractivity contribution in [3.8, 4) is 17.2 Å². The first-order valence-corrected chi connectivity index (χ1v) is 13.2. The van der Waals surface area contributed by atoms with E-state index in [4.69, 9.17) is 9.47 Å². The van der Waals surface area contributed by atoms with Gasteiger partial charge in [-0.1, -0.05) is 51.1 Å². The Bertz CT molecular complexity index is 1640. The predicted molar refractivity (Wildman–Crippen MR) is 156 cm³/mol. The number of ether oxygens (including phenoxy) is 2. The number of nitrogens with zero attached hydrogens (tertiary/aromatic N) is 1. The van der Waals surface area contributed by atoms with Gasteiger partial charge in [-0.05, 0) is 77.7 Å². The van der Waals surface area contributed by atoms with Crippen molar-refractivity contribution in [2.45, 2.75) is 32.2 Å². The number of hydrogen-bond acceptors (Lipinski definition) is 5. The lowest BCUT2D eigenvalue weighted by atomic mass is 9.84. The van der Waals surface area contributed by atoms with Crippen LogP contribution in [0.25, 0.3) is 5.76 Å². The van der Waals surface area contributed by atoms with Crippen molar-refractivity contribution in [2.75, 3.05) is 12.0 Å². The lowest BCUT2D eigenvalue weighted by Gasteiger charge is -2.26.